The number of hydrogen-bond acceptors (Lipinski definition) is 4. The Kier molecular flexibility index (Phi) is 3.72. The number of methoxy groups -OCH3 is 1. The SMILES string of the molecule is COC(=O)CCc1nc(C)cc(-c2cc[nH]c2)n1. The van der Waals surface area contributed by atoms with Gasteiger partial charge in [0.1, 0.15) is 5.82 Å². The molecule has 0 aliphatic rings. The molecule has 2 aromatic rings. The molecular formula is C13H15N3O2. The van der Waals surface area contributed by atoms with Crippen molar-refractivity contribution in [3.63, 3.8) is 0 Å². The van der Waals surface area contributed by atoms with Crippen molar-refractivity contribution in [2.75, 3.05) is 7.11 Å². The van der Waals surface area contributed by atoms with Crippen molar-refractivity contribution < 1.29 is 9.53 Å². The topological polar surface area (TPSA) is 67.9 Å². The number of H-pyrrole nitrogens is 1. The lowest BCUT2D eigenvalue weighted by Crippen LogP contribution is -2.05. The second-order valence-electron chi connectivity index (χ2n) is 3.99. The molecule has 0 radical (unpaired) electrons. The number of carbonyl (C=O) groups excluding carboxylic acids is 1. The minimum Gasteiger partial charge on any atom is -0.469 e. The molecule has 0 unspecified atom stereocenters. The van der Waals surface area contributed by atoms with Gasteiger partial charge in [-0.3, -0.25) is 4.79 Å². The zero-order chi connectivity index (χ0) is 13.0. The van der Waals surface area contributed by atoms with E-state index < -0.39 is 0 Å². The third-order valence-corrected chi connectivity index (χ3v) is 2.57. The Morgan fingerprint density at radius 1 is 1.44 bits per heavy atom. The fraction of sp³-hybridized carbons (Fsp3) is 0.308. The largest absolute Gasteiger partial charge is 0.469 e. The first-order valence-corrected chi connectivity index (χ1v) is 5.73. The summed E-state index contributed by atoms with van der Waals surface area (Å²) in [5, 5.41) is 0. The van der Waals surface area contributed by atoms with Crippen molar-refractivity contribution in [2.45, 2.75) is 19.8 Å². The zero-order valence-electron chi connectivity index (χ0n) is 10.4. The van der Waals surface area contributed by atoms with Crippen LogP contribution >= 0.6 is 0 Å². The fourth-order valence-corrected chi connectivity index (χ4v) is 1.69. The van der Waals surface area contributed by atoms with Gasteiger partial charge in [0.25, 0.3) is 0 Å². The Balaban J connectivity index is 2.19. The van der Waals surface area contributed by atoms with Crippen LogP contribution in [0.1, 0.15) is 17.9 Å². The molecule has 0 bridgehead atoms. The Labute approximate surface area is 105 Å². The summed E-state index contributed by atoms with van der Waals surface area (Å²) >= 11 is 0. The number of carbonyl (C=O) groups is 1. The number of nitrogens with zero attached hydrogens (tertiary/aromatic N) is 2. The van der Waals surface area contributed by atoms with Gasteiger partial charge in [-0.2, -0.15) is 0 Å². The minimum absolute atomic E-state index is 0.247. The van der Waals surface area contributed by atoms with Crippen LogP contribution in [0.5, 0.6) is 0 Å². The van der Waals surface area contributed by atoms with Gasteiger partial charge in [-0.15, -0.1) is 0 Å². The molecule has 0 atom stereocenters. The highest BCUT2D eigenvalue weighted by Gasteiger charge is 2.07. The highest BCUT2D eigenvalue weighted by Crippen LogP contribution is 2.17. The monoisotopic (exact) mass is 245 g/mol. The molecule has 1 N–H and O–H groups in total. The van der Waals surface area contributed by atoms with E-state index in [0.29, 0.717) is 18.7 Å². The van der Waals surface area contributed by atoms with Crippen molar-refractivity contribution in [1.29, 1.82) is 0 Å². The standard InChI is InChI=1S/C13H15N3O2/c1-9-7-11(10-5-6-14-8-10)16-12(15-9)3-4-13(17)18-2/h5-8,14H,3-4H2,1-2H3. The molecular weight excluding hydrogens is 230 g/mol. The summed E-state index contributed by atoms with van der Waals surface area (Å²) in [4.78, 5) is 22.9. The Morgan fingerprint density at radius 2 is 2.28 bits per heavy atom. The number of aromatic nitrogens is 3. The van der Waals surface area contributed by atoms with Crippen molar-refractivity contribution in [1.82, 2.24) is 15.0 Å². The van der Waals surface area contributed by atoms with E-state index in [4.69, 9.17) is 0 Å². The van der Waals surface area contributed by atoms with Gasteiger partial charge in [0.05, 0.1) is 19.2 Å². The summed E-state index contributed by atoms with van der Waals surface area (Å²) in [5.74, 6) is 0.417. The van der Waals surface area contributed by atoms with E-state index in [0.717, 1.165) is 17.0 Å². The summed E-state index contributed by atoms with van der Waals surface area (Å²) < 4.78 is 4.61. The maximum Gasteiger partial charge on any atom is 0.305 e. The van der Waals surface area contributed by atoms with Gasteiger partial charge in [0.15, 0.2) is 0 Å². The van der Waals surface area contributed by atoms with Gasteiger partial charge in [-0.25, -0.2) is 9.97 Å². The van der Waals surface area contributed by atoms with Crippen LogP contribution in [0.2, 0.25) is 0 Å². The van der Waals surface area contributed by atoms with Gasteiger partial charge >= 0.3 is 5.97 Å². The van der Waals surface area contributed by atoms with Gasteiger partial charge in [0.2, 0.25) is 0 Å². The van der Waals surface area contributed by atoms with E-state index in [1.807, 2.05) is 31.5 Å². The summed E-state index contributed by atoms with van der Waals surface area (Å²) in [6, 6.07) is 3.87. The number of rotatable bonds is 4. The third kappa shape index (κ3) is 2.94. The van der Waals surface area contributed by atoms with E-state index in [1.54, 1.807) is 0 Å². The number of aryl methyl sites for hydroxylation is 2. The van der Waals surface area contributed by atoms with Crippen LogP contribution in [0.25, 0.3) is 11.3 Å². The first-order chi connectivity index (χ1) is 8.69. The van der Waals surface area contributed by atoms with E-state index >= 15 is 0 Å². The summed E-state index contributed by atoms with van der Waals surface area (Å²) in [6.45, 7) is 1.92. The van der Waals surface area contributed by atoms with Crippen LogP contribution in [0.4, 0.5) is 0 Å². The van der Waals surface area contributed by atoms with Crippen LogP contribution in [-0.2, 0) is 16.0 Å². The molecule has 5 nitrogen and oxygen atoms in total. The van der Waals surface area contributed by atoms with Gasteiger partial charge in [-0.05, 0) is 19.1 Å². The normalized spacial score (nSPS) is 10.3. The molecule has 0 aliphatic heterocycles. The second kappa shape index (κ2) is 5.44. The first kappa shape index (κ1) is 12.3. The molecule has 2 aromatic heterocycles. The molecule has 0 saturated heterocycles. The predicted molar refractivity (Wildman–Crippen MR) is 66.9 cm³/mol. The quantitative estimate of drug-likeness (QED) is 0.835. The van der Waals surface area contributed by atoms with Crippen LogP contribution in [-0.4, -0.2) is 28.0 Å². The molecule has 18 heavy (non-hydrogen) atoms. The number of aromatic amines is 1. The lowest BCUT2D eigenvalue weighted by molar-refractivity contribution is -0.140. The summed E-state index contributed by atoms with van der Waals surface area (Å²) in [5.41, 5.74) is 2.77. The van der Waals surface area contributed by atoms with Crippen molar-refractivity contribution in [3.05, 3.63) is 36.0 Å². The Hall–Kier alpha value is -2.17. The number of nitrogens with one attached hydrogen (secondary N) is 1. The van der Waals surface area contributed by atoms with Gasteiger partial charge in [-0.1, -0.05) is 0 Å². The van der Waals surface area contributed by atoms with Gasteiger partial charge in [0, 0.05) is 30.1 Å². The number of esters is 1. The average Bonchev–Trinajstić information content (AvgIpc) is 2.89. The molecule has 2 rings (SSSR count). The summed E-state index contributed by atoms with van der Waals surface area (Å²) in [7, 11) is 1.38. The van der Waals surface area contributed by atoms with Crippen LogP contribution in [0, 0.1) is 6.92 Å². The molecule has 94 valence electrons. The van der Waals surface area contributed by atoms with E-state index in [1.165, 1.54) is 7.11 Å². The van der Waals surface area contributed by atoms with Crippen molar-refractivity contribution >= 4 is 5.97 Å². The number of ether oxygens (including phenoxy) is 1. The highest BCUT2D eigenvalue weighted by atomic mass is 16.5. The van der Waals surface area contributed by atoms with Gasteiger partial charge < -0.3 is 9.72 Å². The average molecular weight is 245 g/mol. The summed E-state index contributed by atoms with van der Waals surface area (Å²) in [6.07, 6.45) is 4.52. The smallest absolute Gasteiger partial charge is 0.305 e. The van der Waals surface area contributed by atoms with Crippen molar-refractivity contribution in [3.8, 4) is 11.3 Å². The van der Waals surface area contributed by atoms with Crippen LogP contribution < -0.4 is 0 Å². The maximum absolute atomic E-state index is 11.1. The zero-order valence-corrected chi connectivity index (χ0v) is 10.4. The molecule has 0 spiro atoms. The Morgan fingerprint density at radius 3 is 2.94 bits per heavy atom. The fourth-order valence-electron chi connectivity index (χ4n) is 1.69. The molecule has 0 aromatic carbocycles. The third-order valence-electron chi connectivity index (χ3n) is 2.57. The van der Waals surface area contributed by atoms with Crippen LogP contribution in [0.15, 0.2) is 24.5 Å². The second-order valence-corrected chi connectivity index (χ2v) is 3.99. The Bertz CT molecular complexity index is 535. The lowest BCUT2D eigenvalue weighted by Gasteiger charge is -2.04. The predicted octanol–water partition coefficient (Wildman–Crippen LogP) is 1.89. The van der Waals surface area contributed by atoms with E-state index in [9.17, 15) is 4.79 Å². The van der Waals surface area contributed by atoms with Crippen LogP contribution in [0.3, 0.4) is 0 Å². The molecule has 2 heterocycles. The lowest BCUT2D eigenvalue weighted by atomic mass is 10.2. The molecule has 0 amide bonds. The number of hydrogen-bond donors (Lipinski definition) is 1. The molecule has 0 fully saturated rings. The molecule has 0 saturated carbocycles. The highest BCUT2D eigenvalue weighted by molar-refractivity contribution is 5.69. The minimum atomic E-state index is -0.247. The van der Waals surface area contributed by atoms with Crippen molar-refractivity contribution in [2.24, 2.45) is 0 Å². The maximum atomic E-state index is 11.1. The first-order valence-electron chi connectivity index (χ1n) is 5.73. The van der Waals surface area contributed by atoms with E-state index in [-0.39, 0.29) is 5.97 Å². The molecule has 0 aliphatic carbocycles. The van der Waals surface area contributed by atoms with E-state index in [2.05, 4.69) is 19.7 Å². The molecule has 5 heteroatoms.